The van der Waals surface area contributed by atoms with E-state index in [1.165, 1.54) is 16.2 Å². The van der Waals surface area contributed by atoms with Crippen LogP contribution in [0.25, 0.3) is 0 Å². The molecule has 13 heavy (non-hydrogen) atoms. The Kier molecular flexibility index (Phi) is 4.19. The van der Waals surface area contributed by atoms with Crippen LogP contribution in [0.5, 0.6) is 0 Å². The zero-order chi connectivity index (χ0) is 9.68. The van der Waals surface area contributed by atoms with Crippen molar-refractivity contribution in [1.29, 1.82) is 0 Å². The summed E-state index contributed by atoms with van der Waals surface area (Å²) in [6.07, 6.45) is 0. The van der Waals surface area contributed by atoms with Crippen LogP contribution in [0, 0.1) is 0 Å². The first-order valence-electron chi connectivity index (χ1n) is 4.60. The lowest BCUT2D eigenvalue weighted by Gasteiger charge is -2.06. The predicted octanol–water partition coefficient (Wildman–Crippen LogP) is 2.62. The Balaban J connectivity index is 2.91. The van der Waals surface area contributed by atoms with Crippen LogP contribution in [0.1, 0.15) is 19.4 Å². The van der Waals surface area contributed by atoms with Crippen LogP contribution in [0.4, 0.5) is 0 Å². The van der Waals surface area contributed by atoms with E-state index in [1.54, 1.807) is 0 Å². The van der Waals surface area contributed by atoms with E-state index in [9.17, 15) is 0 Å². The molecule has 0 aliphatic heterocycles. The van der Waals surface area contributed by atoms with E-state index in [4.69, 9.17) is 5.73 Å². The molecule has 0 amide bonds. The van der Waals surface area contributed by atoms with E-state index in [-0.39, 0.29) is 0 Å². The normalized spacial score (nSPS) is 13.2. The number of nitrogens with two attached hydrogens (primary N) is 1. The number of hydrogen-bond acceptors (Lipinski definition) is 1. The molecule has 2 heteroatoms. The van der Waals surface area contributed by atoms with Gasteiger partial charge < -0.3 is 5.73 Å². The topological polar surface area (TPSA) is 26.0 Å². The molecule has 0 aromatic heterocycles. The molecule has 0 bridgehead atoms. The van der Waals surface area contributed by atoms with Crippen LogP contribution < -0.4 is 5.73 Å². The molecule has 0 radical (unpaired) electrons. The summed E-state index contributed by atoms with van der Waals surface area (Å²) in [6.45, 7) is 4.99. The highest BCUT2D eigenvalue weighted by molar-refractivity contribution is 8.15. The van der Waals surface area contributed by atoms with Crippen molar-refractivity contribution in [3.05, 3.63) is 29.8 Å². The minimum Gasteiger partial charge on any atom is -0.326 e. The Labute approximate surface area is 82.9 Å². The molecule has 0 saturated carbocycles. The Morgan fingerprint density at radius 3 is 2.31 bits per heavy atom. The molecule has 1 unspecified atom stereocenters. The minimum absolute atomic E-state index is 0.322. The maximum atomic E-state index is 5.54. The minimum atomic E-state index is 0.322. The summed E-state index contributed by atoms with van der Waals surface area (Å²) in [7, 11) is 0.322. The van der Waals surface area contributed by atoms with Gasteiger partial charge in [-0.25, -0.2) is 0 Å². The van der Waals surface area contributed by atoms with Crippen molar-refractivity contribution < 1.29 is 0 Å². The SMILES string of the molecule is C/C=S(/CC)c1ccc(CN)cc1. The third-order valence-corrected chi connectivity index (χ3v) is 4.13. The Morgan fingerprint density at radius 1 is 1.31 bits per heavy atom. The van der Waals surface area contributed by atoms with Gasteiger partial charge >= 0.3 is 0 Å². The molecule has 1 aromatic rings. The van der Waals surface area contributed by atoms with Crippen molar-refractivity contribution in [2.45, 2.75) is 25.3 Å². The first-order chi connectivity index (χ1) is 6.31. The third-order valence-electron chi connectivity index (χ3n) is 2.06. The highest BCUT2D eigenvalue weighted by Crippen LogP contribution is 2.25. The second kappa shape index (κ2) is 5.20. The summed E-state index contributed by atoms with van der Waals surface area (Å²) in [6, 6.07) is 8.62. The van der Waals surface area contributed by atoms with E-state index in [1.807, 2.05) is 0 Å². The lowest BCUT2D eigenvalue weighted by atomic mass is 10.2. The van der Waals surface area contributed by atoms with Gasteiger partial charge in [-0.1, -0.05) is 24.4 Å². The van der Waals surface area contributed by atoms with Gasteiger partial charge in [-0.05, 0) is 30.4 Å². The maximum absolute atomic E-state index is 5.54. The maximum Gasteiger partial charge on any atom is 0.0178 e. The van der Waals surface area contributed by atoms with Crippen LogP contribution in [0.15, 0.2) is 29.2 Å². The van der Waals surface area contributed by atoms with Gasteiger partial charge in [0.05, 0.1) is 0 Å². The summed E-state index contributed by atoms with van der Waals surface area (Å²) in [5.41, 5.74) is 6.74. The average Bonchev–Trinajstić information content (AvgIpc) is 2.21. The summed E-state index contributed by atoms with van der Waals surface area (Å²) in [5.74, 6) is 1.19. The molecule has 1 rings (SSSR count). The molecular weight excluding hydrogens is 178 g/mol. The summed E-state index contributed by atoms with van der Waals surface area (Å²) in [5, 5.41) is 2.28. The van der Waals surface area contributed by atoms with E-state index in [0.29, 0.717) is 17.0 Å². The van der Waals surface area contributed by atoms with Crippen molar-refractivity contribution >= 4 is 15.9 Å². The zero-order valence-corrected chi connectivity index (χ0v) is 9.10. The molecular formula is C11H17NS. The van der Waals surface area contributed by atoms with Crippen LogP contribution in [-0.2, 0) is 6.54 Å². The van der Waals surface area contributed by atoms with Crippen molar-refractivity contribution in [3.63, 3.8) is 0 Å². The van der Waals surface area contributed by atoms with Gasteiger partial charge in [0.25, 0.3) is 0 Å². The Hall–Kier alpha value is -0.600. The van der Waals surface area contributed by atoms with Gasteiger partial charge in [0.2, 0.25) is 0 Å². The van der Waals surface area contributed by atoms with Crippen molar-refractivity contribution in [2.75, 3.05) is 5.75 Å². The van der Waals surface area contributed by atoms with Gasteiger partial charge in [-0.2, -0.15) is 10.5 Å². The summed E-state index contributed by atoms with van der Waals surface area (Å²) in [4.78, 5) is 1.42. The molecule has 0 aliphatic carbocycles. The predicted molar refractivity (Wildman–Crippen MR) is 62.5 cm³/mol. The molecule has 0 saturated heterocycles. The largest absolute Gasteiger partial charge is 0.326 e. The highest BCUT2D eigenvalue weighted by atomic mass is 32.2. The molecule has 0 heterocycles. The lowest BCUT2D eigenvalue weighted by molar-refractivity contribution is 1.07. The fourth-order valence-electron chi connectivity index (χ4n) is 1.27. The highest BCUT2D eigenvalue weighted by Gasteiger charge is 1.95. The number of rotatable bonds is 3. The summed E-state index contributed by atoms with van der Waals surface area (Å²) >= 11 is 0. The standard InChI is InChI=1S/C11H17NS/c1-3-13(4-2)11-7-5-10(9-12)6-8-11/h3,5-8H,4,9,12H2,1-2H3. The Morgan fingerprint density at radius 2 is 1.92 bits per heavy atom. The second-order valence-corrected chi connectivity index (χ2v) is 5.18. The Bertz CT molecular complexity index is 287. The molecule has 72 valence electrons. The molecule has 0 spiro atoms. The third kappa shape index (κ3) is 2.68. The van der Waals surface area contributed by atoms with Crippen LogP contribution in [-0.4, -0.2) is 11.1 Å². The number of hydrogen-bond donors (Lipinski definition) is 1. The smallest absolute Gasteiger partial charge is 0.0178 e. The van der Waals surface area contributed by atoms with E-state index in [0.717, 1.165) is 0 Å². The van der Waals surface area contributed by atoms with E-state index in [2.05, 4.69) is 43.5 Å². The molecule has 2 N–H and O–H groups in total. The first kappa shape index (κ1) is 10.5. The summed E-state index contributed by atoms with van der Waals surface area (Å²) < 4.78 is 0. The van der Waals surface area contributed by atoms with Crippen molar-refractivity contribution in [3.8, 4) is 0 Å². The quantitative estimate of drug-likeness (QED) is 0.737. The average molecular weight is 195 g/mol. The molecule has 0 fully saturated rings. The van der Waals surface area contributed by atoms with Gasteiger partial charge in [0.1, 0.15) is 0 Å². The molecule has 1 aromatic carbocycles. The van der Waals surface area contributed by atoms with Gasteiger partial charge in [-0.15, -0.1) is 0 Å². The molecule has 1 atom stereocenters. The molecule has 1 nitrogen and oxygen atoms in total. The second-order valence-electron chi connectivity index (χ2n) is 2.80. The monoisotopic (exact) mass is 195 g/mol. The van der Waals surface area contributed by atoms with Gasteiger partial charge in [-0.3, -0.25) is 0 Å². The fourth-order valence-corrected chi connectivity index (χ4v) is 2.69. The van der Waals surface area contributed by atoms with Crippen LogP contribution in [0.2, 0.25) is 0 Å². The van der Waals surface area contributed by atoms with Crippen molar-refractivity contribution in [1.82, 2.24) is 0 Å². The zero-order valence-electron chi connectivity index (χ0n) is 8.29. The number of benzene rings is 1. The van der Waals surface area contributed by atoms with E-state index >= 15 is 0 Å². The first-order valence-corrected chi connectivity index (χ1v) is 6.05. The van der Waals surface area contributed by atoms with Gasteiger partial charge in [0, 0.05) is 11.4 Å². The van der Waals surface area contributed by atoms with Gasteiger partial charge in [0.15, 0.2) is 0 Å². The van der Waals surface area contributed by atoms with E-state index < -0.39 is 0 Å². The lowest BCUT2D eigenvalue weighted by Crippen LogP contribution is -1.95. The van der Waals surface area contributed by atoms with Crippen LogP contribution in [0.3, 0.4) is 0 Å². The fraction of sp³-hybridized carbons (Fsp3) is 0.364. The molecule has 0 aliphatic rings. The van der Waals surface area contributed by atoms with Crippen molar-refractivity contribution in [2.24, 2.45) is 5.73 Å². The van der Waals surface area contributed by atoms with Crippen LogP contribution >= 0.6 is 10.5 Å².